The summed E-state index contributed by atoms with van der Waals surface area (Å²) in [5.74, 6) is -3.26. The Morgan fingerprint density at radius 2 is 1.29 bits per heavy atom. The van der Waals surface area contributed by atoms with Gasteiger partial charge in [0, 0.05) is 13.1 Å². The molecule has 1 saturated heterocycles. The van der Waals surface area contributed by atoms with Crippen molar-refractivity contribution in [2.75, 3.05) is 26.2 Å². The molecule has 1 heterocycles. The molecule has 0 unspecified atom stereocenters. The zero-order valence-corrected chi connectivity index (χ0v) is 35.0. The summed E-state index contributed by atoms with van der Waals surface area (Å²) >= 11 is 0. The minimum Gasteiger partial charge on any atom is -0.462 e. The van der Waals surface area contributed by atoms with Crippen LogP contribution in [0.3, 0.4) is 0 Å². The Balaban J connectivity index is -0.00000191. The molecule has 1 aliphatic rings. The van der Waals surface area contributed by atoms with E-state index in [9.17, 15) is 33.6 Å². The largest absolute Gasteiger partial charge is 0.462 e. The van der Waals surface area contributed by atoms with Crippen molar-refractivity contribution >= 4 is 41.5 Å². The van der Waals surface area contributed by atoms with Crippen molar-refractivity contribution in [2.45, 2.75) is 166 Å². The van der Waals surface area contributed by atoms with Crippen LogP contribution in [0.5, 0.6) is 0 Å². The van der Waals surface area contributed by atoms with Crippen molar-refractivity contribution in [1.29, 1.82) is 0 Å². The minimum atomic E-state index is -1.03. The summed E-state index contributed by atoms with van der Waals surface area (Å²) in [6, 6.07) is -2.68. The van der Waals surface area contributed by atoms with E-state index in [1.807, 2.05) is 0 Å². The number of amides is 5. The molecule has 52 heavy (non-hydrogen) atoms. The number of carbonyl (C=O) groups is 7. The lowest BCUT2D eigenvalue weighted by Gasteiger charge is -2.35. The van der Waals surface area contributed by atoms with Crippen molar-refractivity contribution in [3.63, 3.8) is 0 Å². The first kappa shape index (κ1) is 52.6. The SMILES string of the molecule is CC(C)OC(=O)CNC(=O)N[C@H](C(=O)N1CCC[C@H]1C(=O)NCC(=O)C(=O)NCCC(=O)OC(C)(C)C)C(C)(C)C.CCC.CCC.CCC(C)C. The van der Waals surface area contributed by atoms with Gasteiger partial charge >= 0.3 is 18.0 Å². The maximum absolute atomic E-state index is 13.5. The van der Waals surface area contributed by atoms with Gasteiger partial charge < -0.3 is 35.6 Å². The van der Waals surface area contributed by atoms with Gasteiger partial charge in [0.1, 0.15) is 24.2 Å². The molecular weight excluding hydrogens is 670 g/mol. The number of Topliss-reactive ketones (excluding diaryl/α,β-unsaturated/α-hetero) is 1. The van der Waals surface area contributed by atoms with Gasteiger partial charge in [0.25, 0.3) is 5.91 Å². The number of hydrogen-bond donors (Lipinski definition) is 4. The third kappa shape index (κ3) is 27.0. The molecule has 0 radical (unpaired) electrons. The summed E-state index contributed by atoms with van der Waals surface area (Å²) in [5.41, 5.74) is -1.42. The molecule has 1 aliphatic heterocycles. The predicted molar refractivity (Wildman–Crippen MR) is 204 cm³/mol. The highest BCUT2D eigenvalue weighted by molar-refractivity contribution is 6.37. The molecule has 0 bridgehead atoms. The van der Waals surface area contributed by atoms with Crippen LogP contribution in [0.15, 0.2) is 0 Å². The molecule has 0 spiro atoms. The van der Waals surface area contributed by atoms with E-state index in [0.717, 1.165) is 5.92 Å². The Morgan fingerprint density at radius 3 is 1.73 bits per heavy atom. The number of urea groups is 1. The van der Waals surface area contributed by atoms with E-state index in [0.29, 0.717) is 12.8 Å². The van der Waals surface area contributed by atoms with Gasteiger partial charge in [-0.25, -0.2) is 4.79 Å². The van der Waals surface area contributed by atoms with Crippen LogP contribution < -0.4 is 21.3 Å². The Hall–Kier alpha value is -3.71. The van der Waals surface area contributed by atoms with Crippen LogP contribution in [0, 0.1) is 11.3 Å². The number of nitrogens with zero attached hydrogens (tertiary/aromatic N) is 1. The van der Waals surface area contributed by atoms with Crippen molar-refractivity contribution in [3.8, 4) is 0 Å². The lowest BCUT2D eigenvalue weighted by atomic mass is 9.85. The van der Waals surface area contributed by atoms with Gasteiger partial charge in [-0.2, -0.15) is 0 Å². The third-order valence-corrected chi connectivity index (χ3v) is 6.51. The fourth-order valence-corrected chi connectivity index (χ4v) is 3.89. The van der Waals surface area contributed by atoms with Crippen molar-refractivity contribution in [3.05, 3.63) is 0 Å². The lowest BCUT2D eigenvalue weighted by molar-refractivity contribution is -0.155. The van der Waals surface area contributed by atoms with E-state index in [1.54, 1.807) is 55.4 Å². The van der Waals surface area contributed by atoms with Crippen LogP contribution >= 0.6 is 0 Å². The molecule has 0 aromatic heterocycles. The van der Waals surface area contributed by atoms with Crippen LogP contribution in [-0.4, -0.2) is 96.3 Å². The highest BCUT2D eigenvalue weighted by atomic mass is 16.6. The number of likely N-dealkylation sites (tertiary alicyclic amines) is 1. The van der Waals surface area contributed by atoms with Gasteiger partial charge in [-0.3, -0.25) is 28.8 Å². The molecule has 14 nitrogen and oxygen atoms in total. The minimum absolute atomic E-state index is 0.105. The summed E-state index contributed by atoms with van der Waals surface area (Å²) in [7, 11) is 0. The molecule has 0 aromatic rings. The Kier molecular flexibility index (Phi) is 28.2. The quantitative estimate of drug-likeness (QED) is 0.148. The number of ether oxygens (including phenoxy) is 2. The number of esters is 2. The Bertz CT molecular complexity index is 1090. The average Bonchev–Trinajstić information content (AvgIpc) is 3.50. The van der Waals surface area contributed by atoms with Crippen LogP contribution in [-0.2, 0) is 38.2 Å². The second-order valence-corrected chi connectivity index (χ2v) is 15.3. The lowest BCUT2D eigenvalue weighted by Crippen LogP contribution is -2.59. The summed E-state index contributed by atoms with van der Waals surface area (Å²) in [4.78, 5) is 87.9. The predicted octanol–water partition coefficient (Wildman–Crippen LogP) is 5.06. The second kappa shape index (κ2) is 27.9. The smallest absolute Gasteiger partial charge is 0.325 e. The van der Waals surface area contributed by atoms with Crippen LogP contribution in [0.25, 0.3) is 0 Å². The van der Waals surface area contributed by atoms with Gasteiger partial charge in [0.05, 0.1) is 19.1 Å². The van der Waals surface area contributed by atoms with Crippen molar-refractivity contribution in [2.24, 2.45) is 11.3 Å². The zero-order chi connectivity index (χ0) is 41.2. The number of hydrogen-bond acceptors (Lipinski definition) is 9. The van der Waals surface area contributed by atoms with Crippen molar-refractivity contribution < 1.29 is 43.0 Å². The van der Waals surface area contributed by atoms with Gasteiger partial charge in [-0.1, -0.05) is 88.5 Å². The molecule has 1 rings (SSSR count). The van der Waals surface area contributed by atoms with Gasteiger partial charge in [0.15, 0.2) is 0 Å². The number of ketones is 1. The molecule has 4 N–H and O–H groups in total. The normalized spacial score (nSPS) is 14.2. The molecule has 0 aromatic carbocycles. The van der Waals surface area contributed by atoms with E-state index >= 15 is 0 Å². The van der Waals surface area contributed by atoms with Crippen LogP contribution in [0.1, 0.15) is 142 Å². The average molecular weight is 744 g/mol. The standard InChI is InChI=1S/C27H45N5O9.C5H12.2C3H8/c1-16(2)40-20(35)15-30-25(39)31-21(26(3,4)5)24(38)32-13-9-10-17(32)22(36)29-14-18(33)23(37)28-12-11-19(34)41-27(6,7)8;1-4-5(2)3;2*1-3-2/h16-17,21H,9-15H2,1-8H3,(H,28,37)(H,29,36)(H2,30,31,39);5H,4H2,1-3H3;2*3H2,1-2H3/t17-,21+;;;/m0.../s1. The highest BCUT2D eigenvalue weighted by Crippen LogP contribution is 2.26. The number of rotatable bonds is 13. The van der Waals surface area contributed by atoms with Gasteiger partial charge in [-0.15, -0.1) is 0 Å². The first-order valence-corrected chi connectivity index (χ1v) is 18.8. The molecule has 2 atom stereocenters. The van der Waals surface area contributed by atoms with E-state index in [-0.39, 0.29) is 32.2 Å². The maximum Gasteiger partial charge on any atom is 0.325 e. The number of carbonyl (C=O) groups excluding carboxylic acids is 7. The summed E-state index contributed by atoms with van der Waals surface area (Å²) in [5, 5.41) is 9.67. The second-order valence-electron chi connectivity index (χ2n) is 15.3. The molecule has 5 amide bonds. The van der Waals surface area contributed by atoms with Crippen molar-refractivity contribution in [1.82, 2.24) is 26.2 Å². The monoisotopic (exact) mass is 744 g/mol. The highest BCUT2D eigenvalue weighted by Gasteiger charge is 2.42. The molecule has 14 heteroatoms. The molecule has 0 aliphatic carbocycles. The van der Waals surface area contributed by atoms with Gasteiger partial charge in [0.2, 0.25) is 17.6 Å². The Labute approximate surface area is 314 Å². The fourth-order valence-electron chi connectivity index (χ4n) is 3.89. The summed E-state index contributed by atoms with van der Waals surface area (Å²) in [6.45, 7) is 28.0. The zero-order valence-electron chi connectivity index (χ0n) is 35.0. The molecule has 1 fully saturated rings. The van der Waals surface area contributed by atoms with Crippen LogP contribution in [0.4, 0.5) is 4.79 Å². The number of nitrogens with one attached hydrogen (secondary N) is 4. The fraction of sp³-hybridized carbons (Fsp3) is 0.816. The molecular formula is C38H73N5O9. The van der Waals surface area contributed by atoms with E-state index in [4.69, 9.17) is 9.47 Å². The van der Waals surface area contributed by atoms with E-state index < -0.39 is 71.1 Å². The van der Waals surface area contributed by atoms with Gasteiger partial charge in [-0.05, 0) is 58.8 Å². The summed E-state index contributed by atoms with van der Waals surface area (Å²) in [6.07, 6.45) is 4.19. The topological polar surface area (TPSA) is 189 Å². The van der Waals surface area contributed by atoms with Crippen LogP contribution in [0.2, 0.25) is 0 Å². The molecule has 0 saturated carbocycles. The van der Waals surface area contributed by atoms with E-state index in [2.05, 4.69) is 69.7 Å². The first-order chi connectivity index (χ1) is 23.9. The Morgan fingerprint density at radius 1 is 0.769 bits per heavy atom. The first-order valence-electron chi connectivity index (χ1n) is 18.8. The maximum atomic E-state index is 13.5. The third-order valence-electron chi connectivity index (χ3n) is 6.51. The van der Waals surface area contributed by atoms with E-state index in [1.165, 1.54) is 24.2 Å². The molecule has 304 valence electrons. The summed E-state index contributed by atoms with van der Waals surface area (Å²) < 4.78 is 10.1.